The standard InChI is InChI=1S/C26H26FNO3/c1-30-26(29)4-2-3-18-5-11-23(12-6-18)31-17-21-15-22(27)10-13-24(21)20-9-14-25(28-16-20)19-7-8-19/h5-6,9-16,19H,2-4,7-8,17H2,1H3. The van der Waals surface area contributed by atoms with Crippen molar-refractivity contribution in [2.45, 2.75) is 44.6 Å². The van der Waals surface area contributed by atoms with Gasteiger partial charge in [0.2, 0.25) is 0 Å². The highest BCUT2D eigenvalue weighted by atomic mass is 19.1. The fourth-order valence-electron chi connectivity index (χ4n) is 3.60. The van der Waals surface area contributed by atoms with Crippen LogP contribution in [0.3, 0.4) is 0 Å². The number of benzene rings is 2. The van der Waals surface area contributed by atoms with Gasteiger partial charge in [0.25, 0.3) is 0 Å². The van der Waals surface area contributed by atoms with Crippen molar-refractivity contribution in [2.75, 3.05) is 7.11 Å². The van der Waals surface area contributed by atoms with Gasteiger partial charge in [-0.15, -0.1) is 0 Å². The molecule has 0 amide bonds. The highest BCUT2D eigenvalue weighted by molar-refractivity contribution is 5.69. The molecular weight excluding hydrogens is 393 g/mol. The highest BCUT2D eigenvalue weighted by Gasteiger charge is 2.24. The van der Waals surface area contributed by atoms with Crippen LogP contribution >= 0.6 is 0 Å². The van der Waals surface area contributed by atoms with E-state index in [2.05, 4.69) is 21.9 Å². The lowest BCUT2D eigenvalue weighted by molar-refractivity contribution is -0.140. The number of pyridine rings is 1. The van der Waals surface area contributed by atoms with E-state index >= 15 is 0 Å². The molecule has 0 saturated heterocycles. The Hall–Kier alpha value is -3.21. The molecule has 0 atom stereocenters. The van der Waals surface area contributed by atoms with Crippen molar-refractivity contribution in [1.29, 1.82) is 0 Å². The molecule has 1 aliphatic carbocycles. The molecule has 4 nitrogen and oxygen atoms in total. The maximum atomic E-state index is 13.9. The number of hydrogen-bond acceptors (Lipinski definition) is 4. The largest absolute Gasteiger partial charge is 0.489 e. The molecule has 0 N–H and O–H groups in total. The van der Waals surface area contributed by atoms with Gasteiger partial charge in [-0.05, 0) is 67.1 Å². The zero-order chi connectivity index (χ0) is 21.6. The molecule has 2 aromatic carbocycles. The number of carbonyl (C=O) groups excluding carboxylic acids is 1. The summed E-state index contributed by atoms with van der Waals surface area (Å²) in [5.74, 6) is 0.844. The van der Waals surface area contributed by atoms with Gasteiger partial charge in [-0.3, -0.25) is 9.78 Å². The predicted octanol–water partition coefficient (Wildman–Crippen LogP) is 5.84. The number of aromatic nitrogens is 1. The Morgan fingerprint density at radius 1 is 1.10 bits per heavy atom. The van der Waals surface area contributed by atoms with Crippen molar-refractivity contribution < 1.29 is 18.7 Å². The normalized spacial score (nSPS) is 13.1. The Balaban J connectivity index is 1.40. The lowest BCUT2D eigenvalue weighted by Crippen LogP contribution is -2.01. The summed E-state index contributed by atoms with van der Waals surface area (Å²) in [6.45, 7) is 0.263. The zero-order valence-corrected chi connectivity index (χ0v) is 17.6. The van der Waals surface area contributed by atoms with E-state index in [1.54, 1.807) is 6.07 Å². The number of hydrogen-bond donors (Lipinski definition) is 0. The van der Waals surface area contributed by atoms with E-state index in [-0.39, 0.29) is 18.4 Å². The first-order valence-corrected chi connectivity index (χ1v) is 10.7. The van der Waals surface area contributed by atoms with Gasteiger partial charge in [-0.1, -0.05) is 24.3 Å². The van der Waals surface area contributed by atoms with E-state index < -0.39 is 0 Å². The number of esters is 1. The summed E-state index contributed by atoms with van der Waals surface area (Å²) in [6.07, 6.45) is 6.25. The van der Waals surface area contributed by atoms with Crippen LogP contribution in [-0.4, -0.2) is 18.1 Å². The molecule has 0 spiro atoms. The highest BCUT2D eigenvalue weighted by Crippen LogP contribution is 2.39. The van der Waals surface area contributed by atoms with Gasteiger partial charge in [-0.25, -0.2) is 4.39 Å². The summed E-state index contributed by atoms with van der Waals surface area (Å²) in [5.41, 5.74) is 4.93. The van der Waals surface area contributed by atoms with Gasteiger partial charge < -0.3 is 9.47 Å². The van der Waals surface area contributed by atoms with Crippen molar-refractivity contribution in [3.8, 4) is 16.9 Å². The molecule has 1 fully saturated rings. The Morgan fingerprint density at radius 3 is 2.58 bits per heavy atom. The minimum atomic E-state index is -0.286. The number of aryl methyl sites for hydroxylation is 1. The van der Waals surface area contributed by atoms with Crippen LogP contribution < -0.4 is 4.74 Å². The monoisotopic (exact) mass is 419 g/mol. The number of nitrogens with zero attached hydrogens (tertiary/aromatic N) is 1. The number of halogens is 1. The van der Waals surface area contributed by atoms with Crippen LogP contribution in [0.2, 0.25) is 0 Å². The van der Waals surface area contributed by atoms with Crippen LogP contribution in [0.5, 0.6) is 5.75 Å². The molecule has 0 aliphatic heterocycles. The summed E-state index contributed by atoms with van der Waals surface area (Å²) in [7, 11) is 1.40. The molecule has 3 aromatic rings. The van der Waals surface area contributed by atoms with Gasteiger partial charge >= 0.3 is 5.97 Å². The molecule has 0 bridgehead atoms. The zero-order valence-electron chi connectivity index (χ0n) is 17.6. The third kappa shape index (κ3) is 5.69. The molecular formula is C26H26FNO3. The second kappa shape index (κ2) is 9.73. The molecule has 5 heteroatoms. The van der Waals surface area contributed by atoms with Crippen molar-refractivity contribution in [3.05, 3.63) is 83.4 Å². The maximum Gasteiger partial charge on any atom is 0.305 e. The van der Waals surface area contributed by atoms with E-state index in [1.807, 2.05) is 30.5 Å². The Bertz CT molecular complexity index is 1030. The lowest BCUT2D eigenvalue weighted by Gasteiger charge is -2.12. The van der Waals surface area contributed by atoms with Crippen LogP contribution in [0, 0.1) is 5.82 Å². The van der Waals surface area contributed by atoms with Crippen molar-refractivity contribution in [2.24, 2.45) is 0 Å². The Labute approximate surface area is 182 Å². The summed E-state index contributed by atoms with van der Waals surface area (Å²) in [4.78, 5) is 15.8. The quantitative estimate of drug-likeness (QED) is 0.409. The molecule has 1 heterocycles. The first-order valence-electron chi connectivity index (χ1n) is 10.7. The number of ether oxygens (including phenoxy) is 2. The summed E-state index contributed by atoms with van der Waals surface area (Å²) in [6, 6.07) is 16.7. The lowest BCUT2D eigenvalue weighted by atomic mass is 10.0. The molecule has 1 saturated carbocycles. The second-order valence-corrected chi connectivity index (χ2v) is 7.91. The maximum absolute atomic E-state index is 13.9. The molecule has 4 rings (SSSR count). The second-order valence-electron chi connectivity index (χ2n) is 7.91. The molecule has 0 unspecified atom stereocenters. The van der Waals surface area contributed by atoms with Crippen LogP contribution in [0.4, 0.5) is 4.39 Å². The van der Waals surface area contributed by atoms with Crippen LogP contribution in [0.25, 0.3) is 11.1 Å². The van der Waals surface area contributed by atoms with Crippen molar-refractivity contribution in [1.82, 2.24) is 4.98 Å². The fraction of sp³-hybridized carbons (Fsp3) is 0.308. The van der Waals surface area contributed by atoms with Gasteiger partial charge in [0.1, 0.15) is 18.2 Å². The first-order chi connectivity index (χ1) is 15.1. The predicted molar refractivity (Wildman–Crippen MR) is 117 cm³/mol. The molecule has 160 valence electrons. The van der Waals surface area contributed by atoms with Gasteiger partial charge in [-0.2, -0.15) is 0 Å². The van der Waals surface area contributed by atoms with Crippen molar-refractivity contribution >= 4 is 5.97 Å². The minimum absolute atomic E-state index is 0.191. The Morgan fingerprint density at radius 2 is 1.90 bits per heavy atom. The van der Waals surface area contributed by atoms with Crippen molar-refractivity contribution in [3.63, 3.8) is 0 Å². The SMILES string of the molecule is COC(=O)CCCc1ccc(OCc2cc(F)ccc2-c2ccc(C3CC3)nc2)cc1. The van der Waals surface area contributed by atoms with E-state index in [4.69, 9.17) is 4.74 Å². The third-order valence-corrected chi connectivity index (χ3v) is 5.55. The van der Waals surface area contributed by atoms with Gasteiger partial charge in [0.05, 0.1) is 7.11 Å². The minimum Gasteiger partial charge on any atom is -0.489 e. The van der Waals surface area contributed by atoms with Crippen LogP contribution in [-0.2, 0) is 22.6 Å². The number of rotatable bonds is 9. The summed E-state index contributed by atoms with van der Waals surface area (Å²) in [5, 5.41) is 0. The Kier molecular flexibility index (Phi) is 6.60. The van der Waals surface area contributed by atoms with E-state index in [0.717, 1.165) is 40.8 Å². The summed E-state index contributed by atoms with van der Waals surface area (Å²) < 4.78 is 24.5. The number of methoxy groups -OCH3 is 1. The topological polar surface area (TPSA) is 48.4 Å². The third-order valence-electron chi connectivity index (χ3n) is 5.55. The van der Waals surface area contributed by atoms with Gasteiger partial charge in [0.15, 0.2) is 0 Å². The first kappa shape index (κ1) is 21.0. The average molecular weight is 419 g/mol. The summed E-state index contributed by atoms with van der Waals surface area (Å²) >= 11 is 0. The average Bonchev–Trinajstić information content (AvgIpc) is 3.64. The molecule has 1 aromatic heterocycles. The molecule has 1 aliphatic rings. The van der Waals surface area contributed by atoms with E-state index in [9.17, 15) is 9.18 Å². The smallest absolute Gasteiger partial charge is 0.305 e. The number of carbonyl (C=O) groups is 1. The van der Waals surface area contributed by atoms with Crippen LogP contribution in [0.1, 0.15) is 48.4 Å². The van der Waals surface area contributed by atoms with Gasteiger partial charge in [0, 0.05) is 35.4 Å². The fourth-order valence-corrected chi connectivity index (χ4v) is 3.60. The van der Waals surface area contributed by atoms with E-state index in [1.165, 1.54) is 32.1 Å². The molecule has 31 heavy (non-hydrogen) atoms. The molecule has 0 radical (unpaired) electrons. The van der Waals surface area contributed by atoms with Crippen LogP contribution in [0.15, 0.2) is 60.8 Å². The van der Waals surface area contributed by atoms with E-state index in [0.29, 0.717) is 18.1 Å².